The predicted molar refractivity (Wildman–Crippen MR) is 106 cm³/mol. The predicted octanol–water partition coefficient (Wildman–Crippen LogP) is 5.74. The fraction of sp³-hybridized carbons (Fsp3) is 0.100. The van der Waals surface area contributed by atoms with Crippen molar-refractivity contribution in [2.75, 3.05) is 12.8 Å². The summed E-state index contributed by atoms with van der Waals surface area (Å²) in [6.07, 6.45) is 0. The molecule has 1 aromatic heterocycles. The molecule has 4 rings (SSSR count). The van der Waals surface area contributed by atoms with Crippen LogP contribution in [0.3, 0.4) is 0 Å². The Kier molecular flexibility index (Phi) is 3.98. The third kappa shape index (κ3) is 2.80. The number of nitrogens with zero attached hydrogens (tertiary/aromatic N) is 1. The first-order valence-corrected chi connectivity index (χ1v) is 8.62. The number of benzene rings is 3. The number of anilines is 1. The van der Waals surface area contributed by atoms with Gasteiger partial charge in [-0.25, -0.2) is 0 Å². The van der Waals surface area contributed by atoms with E-state index in [4.69, 9.17) is 33.7 Å². The van der Waals surface area contributed by atoms with Gasteiger partial charge >= 0.3 is 0 Å². The van der Waals surface area contributed by atoms with E-state index in [0.717, 1.165) is 33.1 Å². The first-order valence-electron chi connectivity index (χ1n) is 7.86. The lowest BCUT2D eigenvalue weighted by atomic mass is 10.1. The van der Waals surface area contributed by atoms with Crippen molar-refractivity contribution in [3.05, 3.63) is 70.2 Å². The molecule has 25 heavy (non-hydrogen) atoms. The van der Waals surface area contributed by atoms with Gasteiger partial charge in [0.05, 0.1) is 18.3 Å². The monoisotopic (exact) mass is 370 g/mol. The summed E-state index contributed by atoms with van der Waals surface area (Å²) in [7, 11) is 1.66. The molecule has 0 fully saturated rings. The molecule has 4 aromatic rings. The Bertz CT molecular complexity index is 1080. The van der Waals surface area contributed by atoms with Gasteiger partial charge in [-0.1, -0.05) is 35.3 Å². The molecule has 0 saturated heterocycles. The SMILES string of the molecule is COc1ccc(Cn2c3ccc(Cl)cc3c3cc(Cl)cc(N)c32)cc1. The van der Waals surface area contributed by atoms with Crippen LogP contribution in [0, 0.1) is 0 Å². The lowest BCUT2D eigenvalue weighted by molar-refractivity contribution is 0.414. The van der Waals surface area contributed by atoms with Crippen LogP contribution in [-0.2, 0) is 6.54 Å². The van der Waals surface area contributed by atoms with E-state index < -0.39 is 0 Å². The summed E-state index contributed by atoms with van der Waals surface area (Å²) in [5.74, 6) is 0.837. The maximum Gasteiger partial charge on any atom is 0.118 e. The molecule has 0 aliphatic carbocycles. The minimum Gasteiger partial charge on any atom is -0.497 e. The van der Waals surface area contributed by atoms with Gasteiger partial charge in [0, 0.05) is 32.9 Å². The molecule has 0 atom stereocenters. The van der Waals surface area contributed by atoms with E-state index in [1.165, 1.54) is 0 Å². The first kappa shape index (κ1) is 16.1. The summed E-state index contributed by atoms with van der Waals surface area (Å²) in [4.78, 5) is 0. The van der Waals surface area contributed by atoms with Gasteiger partial charge in [0.25, 0.3) is 0 Å². The normalized spacial score (nSPS) is 11.3. The summed E-state index contributed by atoms with van der Waals surface area (Å²) in [6, 6.07) is 17.6. The largest absolute Gasteiger partial charge is 0.497 e. The van der Waals surface area contributed by atoms with Crippen LogP contribution in [0.1, 0.15) is 5.56 Å². The molecule has 0 bridgehead atoms. The van der Waals surface area contributed by atoms with Crippen LogP contribution in [-0.4, -0.2) is 11.7 Å². The van der Waals surface area contributed by atoms with Crippen molar-refractivity contribution < 1.29 is 4.74 Å². The number of halogens is 2. The Morgan fingerprint density at radius 1 is 0.920 bits per heavy atom. The number of hydrogen-bond acceptors (Lipinski definition) is 2. The van der Waals surface area contributed by atoms with E-state index in [2.05, 4.69) is 16.7 Å². The molecule has 1 heterocycles. The van der Waals surface area contributed by atoms with Gasteiger partial charge in [0.1, 0.15) is 5.75 Å². The minimum atomic E-state index is 0.619. The molecule has 0 radical (unpaired) electrons. The number of methoxy groups -OCH3 is 1. The summed E-state index contributed by atoms with van der Waals surface area (Å²) >= 11 is 12.4. The number of nitrogens with two attached hydrogens (primary N) is 1. The Balaban J connectivity index is 1.96. The number of aromatic nitrogens is 1. The van der Waals surface area contributed by atoms with Crippen molar-refractivity contribution in [2.24, 2.45) is 0 Å². The second-order valence-electron chi connectivity index (χ2n) is 5.99. The van der Waals surface area contributed by atoms with E-state index in [0.29, 0.717) is 22.3 Å². The zero-order valence-corrected chi connectivity index (χ0v) is 15.1. The van der Waals surface area contributed by atoms with E-state index in [-0.39, 0.29) is 0 Å². The van der Waals surface area contributed by atoms with Crippen LogP contribution < -0.4 is 10.5 Å². The van der Waals surface area contributed by atoms with Gasteiger partial charge in [-0.15, -0.1) is 0 Å². The molecule has 3 aromatic carbocycles. The molecule has 0 spiro atoms. The Morgan fingerprint density at radius 2 is 1.64 bits per heavy atom. The van der Waals surface area contributed by atoms with E-state index in [1.807, 2.05) is 36.4 Å². The highest BCUT2D eigenvalue weighted by molar-refractivity contribution is 6.33. The zero-order valence-electron chi connectivity index (χ0n) is 13.6. The van der Waals surface area contributed by atoms with Crippen molar-refractivity contribution in [1.29, 1.82) is 0 Å². The fourth-order valence-electron chi connectivity index (χ4n) is 3.28. The molecule has 0 aliphatic rings. The summed E-state index contributed by atoms with van der Waals surface area (Å²) in [6.45, 7) is 0.692. The van der Waals surface area contributed by atoms with Gasteiger partial charge in [-0.3, -0.25) is 0 Å². The van der Waals surface area contributed by atoms with Crippen LogP contribution in [0.25, 0.3) is 21.8 Å². The van der Waals surface area contributed by atoms with Crippen LogP contribution >= 0.6 is 23.2 Å². The number of nitrogen functional groups attached to an aromatic ring is 1. The summed E-state index contributed by atoms with van der Waals surface area (Å²) in [5, 5.41) is 3.37. The van der Waals surface area contributed by atoms with Crippen LogP contribution in [0.2, 0.25) is 10.0 Å². The van der Waals surface area contributed by atoms with Crippen molar-refractivity contribution in [3.8, 4) is 5.75 Å². The number of rotatable bonds is 3. The fourth-order valence-corrected chi connectivity index (χ4v) is 3.68. The molecule has 0 unspecified atom stereocenters. The maximum absolute atomic E-state index is 6.30. The summed E-state index contributed by atoms with van der Waals surface area (Å²) in [5.41, 5.74) is 10.2. The smallest absolute Gasteiger partial charge is 0.118 e. The molecular weight excluding hydrogens is 355 g/mol. The van der Waals surface area contributed by atoms with Crippen molar-refractivity contribution >= 4 is 50.7 Å². The number of hydrogen-bond donors (Lipinski definition) is 1. The minimum absolute atomic E-state index is 0.619. The zero-order chi connectivity index (χ0) is 17.6. The molecule has 0 amide bonds. The topological polar surface area (TPSA) is 40.2 Å². The molecule has 126 valence electrons. The van der Waals surface area contributed by atoms with E-state index in [1.54, 1.807) is 13.2 Å². The Morgan fingerprint density at radius 3 is 2.36 bits per heavy atom. The van der Waals surface area contributed by atoms with Crippen molar-refractivity contribution in [2.45, 2.75) is 6.54 Å². The molecular formula is C20H16Cl2N2O. The lowest BCUT2D eigenvalue weighted by Crippen LogP contribution is -2.01. The van der Waals surface area contributed by atoms with Gasteiger partial charge in [-0.05, 0) is 48.0 Å². The molecule has 3 nitrogen and oxygen atoms in total. The van der Waals surface area contributed by atoms with Gasteiger partial charge in [0.2, 0.25) is 0 Å². The Hall–Kier alpha value is -2.36. The van der Waals surface area contributed by atoms with Crippen LogP contribution in [0.5, 0.6) is 5.75 Å². The molecule has 0 aliphatic heterocycles. The average molecular weight is 371 g/mol. The van der Waals surface area contributed by atoms with Gasteiger partial charge in [-0.2, -0.15) is 0 Å². The van der Waals surface area contributed by atoms with Gasteiger partial charge in [0.15, 0.2) is 0 Å². The average Bonchev–Trinajstić information content (AvgIpc) is 2.89. The number of fused-ring (bicyclic) bond motifs is 3. The highest BCUT2D eigenvalue weighted by Gasteiger charge is 2.15. The third-order valence-electron chi connectivity index (χ3n) is 4.41. The van der Waals surface area contributed by atoms with E-state index in [9.17, 15) is 0 Å². The van der Waals surface area contributed by atoms with E-state index >= 15 is 0 Å². The van der Waals surface area contributed by atoms with Gasteiger partial charge < -0.3 is 15.0 Å². The van der Waals surface area contributed by atoms with Crippen molar-refractivity contribution in [3.63, 3.8) is 0 Å². The second-order valence-corrected chi connectivity index (χ2v) is 6.86. The van der Waals surface area contributed by atoms with Crippen LogP contribution in [0.4, 0.5) is 5.69 Å². The highest BCUT2D eigenvalue weighted by Crippen LogP contribution is 2.36. The lowest BCUT2D eigenvalue weighted by Gasteiger charge is -2.10. The molecule has 5 heteroatoms. The Labute approximate surface area is 155 Å². The first-order chi connectivity index (χ1) is 12.1. The third-order valence-corrected chi connectivity index (χ3v) is 4.87. The number of ether oxygens (including phenoxy) is 1. The highest BCUT2D eigenvalue weighted by atomic mass is 35.5. The maximum atomic E-state index is 6.30. The van der Waals surface area contributed by atoms with Crippen LogP contribution in [0.15, 0.2) is 54.6 Å². The summed E-state index contributed by atoms with van der Waals surface area (Å²) < 4.78 is 7.44. The quantitative estimate of drug-likeness (QED) is 0.467. The van der Waals surface area contributed by atoms with Crippen molar-refractivity contribution in [1.82, 2.24) is 4.57 Å². The standard InChI is InChI=1S/C20H16Cl2N2O/c1-25-15-5-2-12(3-6-15)11-24-19-7-4-13(21)8-16(19)17-9-14(22)10-18(23)20(17)24/h2-10H,11,23H2,1H3. The second kappa shape index (κ2) is 6.17. The molecule has 2 N–H and O–H groups in total. The molecule has 0 saturated carbocycles.